The average molecular weight is 326 g/mol. The largest absolute Gasteiger partial charge is 0.467 e. The van der Waals surface area contributed by atoms with E-state index in [2.05, 4.69) is 6.08 Å². The molecular weight excluding hydrogens is 300 g/mol. The number of methoxy groups -OCH3 is 3. The van der Waals surface area contributed by atoms with E-state index in [0.717, 1.165) is 5.56 Å². The number of hydrogen-bond acceptors (Lipinski definition) is 6. The fraction of sp³-hybridized carbons (Fsp3) is 0.529. The van der Waals surface area contributed by atoms with Gasteiger partial charge in [-0.25, -0.2) is 0 Å². The van der Waals surface area contributed by atoms with Crippen molar-refractivity contribution in [3.63, 3.8) is 0 Å². The molecule has 0 atom stereocenters. The normalized spacial score (nSPS) is 10.3. The predicted octanol–water partition coefficient (Wildman–Crippen LogP) is 3.14. The second kappa shape index (κ2) is 10.9. The van der Waals surface area contributed by atoms with Crippen LogP contribution in [0.4, 0.5) is 0 Å². The van der Waals surface area contributed by atoms with Gasteiger partial charge in [0.05, 0.1) is 0 Å². The molecule has 23 heavy (non-hydrogen) atoms. The van der Waals surface area contributed by atoms with Crippen molar-refractivity contribution >= 4 is 0 Å². The first kappa shape index (κ1) is 19.3. The summed E-state index contributed by atoms with van der Waals surface area (Å²) in [4.78, 5) is 0. The van der Waals surface area contributed by atoms with Crippen molar-refractivity contribution in [1.29, 1.82) is 0 Å². The van der Waals surface area contributed by atoms with Crippen molar-refractivity contribution < 1.29 is 28.4 Å². The van der Waals surface area contributed by atoms with Gasteiger partial charge in [0.1, 0.15) is 5.75 Å². The molecule has 0 aliphatic carbocycles. The van der Waals surface area contributed by atoms with Gasteiger partial charge in [0.15, 0.2) is 31.9 Å². The molecule has 0 aliphatic rings. The van der Waals surface area contributed by atoms with Crippen LogP contribution in [0.5, 0.6) is 17.2 Å². The molecule has 1 aromatic rings. The van der Waals surface area contributed by atoms with E-state index < -0.39 is 0 Å². The number of allylic oxidation sites excluding steroid dienone is 2. The Morgan fingerprint density at radius 3 is 2.09 bits per heavy atom. The molecule has 0 saturated carbocycles. The molecule has 0 aliphatic heterocycles. The van der Waals surface area contributed by atoms with Crippen molar-refractivity contribution in [3.8, 4) is 17.2 Å². The summed E-state index contributed by atoms with van der Waals surface area (Å²) in [6, 6.07) is 3.65. The molecule has 1 aromatic carbocycles. The molecule has 1 rings (SSSR count). The van der Waals surface area contributed by atoms with E-state index >= 15 is 0 Å². The number of benzene rings is 1. The molecule has 0 heterocycles. The summed E-state index contributed by atoms with van der Waals surface area (Å²) in [6.45, 7) is 4.49. The molecule has 0 bridgehead atoms. The van der Waals surface area contributed by atoms with Gasteiger partial charge >= 0.3 is 0 Å². The number of ether oxygens (including phenoxy) is 6. The van der Waals surface area contributed by atoms with Crippen LogP contribution in [-0.4, -0.2) is 41.7 Å². The first-order chi connectivity index (χ1) is 11.1. The quantitative estimate of drug-likeness (QED) is 0.460. The molecule has 0 aromatic heterocycles. The van der Waals surface area contributed by atoms with Crippen LogP contribution in [0.15, 0.2) is 23.8 Å². The number of rotatable bonds is 11. The van der Waals surface area contributed by atoms with Gasteiger partial charge in [0.25, 0.3) is 0 Å². The van der Waals surface area contributed by atoms with E-state index in [1.807, 2.05) is 19.9 Å². The molecule has 0 spiro atoms. The zero-order valence-corrected chi connectivity index (χ0v) is 14.5. The van der Waals surface area contributed by atoms with Gasteiger partial charge in [-0.05, 0) is 26.3 Å². The van der Waals surface area contributed by atoms with Crippen LogP contribution in [0, 0.1) is 0 Å². The van der Waals surface area contributed by atoms with Gasteiger partial charge in [-0.1, -0.05) is 11.6 Å². The lowest BCUT2D eigenvalue weighted by atomic mass is 10.1. The van der Waals surface area contributed by atoms with Crippen molar-refractivity contribution in [2.24, 2.45) is 0 Å². The third kappa shape index (κ3) is 6.90. The average Bonchev–Trinajstić information content (AvgIpc) is 2.54. The molecular formula is C17H26O6. The first-order valence-corrected chi connectivity index (χ1v) is 7.27. The predicted molar refractivity (Wildman–Crippen MR) is 87.1 cm³/mol. The van der Waals surface area contributed by atoms with Crippen molar-refractivity contribution in [2.75, 3.05) is 41.7 Å². The lowest BCUT2D eigenvalue weighted by molar-refractivity contribution is 0.0302. The Morgan fingerprint density at radius 1 is 0.870 bits per heavy atom. The molecule has 6 heteroatoms. The van der Waals surface area contributed by atoms with Crippen LogP contribution < -0.4 is 14.2 Å². The SMILES string of the molecule is COCOc1cc(CC=C(C)C)c(OCOC)c(OCOC)c1. The Morgan fingerprint density at radius 2 is 1.48 bits per heavy atom. The van der Waals surface area contributed by atoms with Crippen LogP contribution in [0.25, 0.3) is 0 Å². The maximum atomic E-state index is 5.69. The highest BCUT2D eigenvalue weighted by Gasteiger charge is 2.14. The van der Waals surface area contributed by atoms with Crippen LogP contribution in [0.2, 0.25) is 0 Å². The highest BCUT2D eigenvalue weighted by molar-refractivity contribution is 5.52. The first-order valence-electron chi connectivity index (χ1n) is 7.27. The van der Waals surface area contributed by atoms with Crippen molar-refractivity contribution in [2.45, 2.75) is 20.3 Å². The molecule has 0 radical (unpaired) electrons. The van der Waals surface area contributed by atoms with Crippen LogP contribution in [-0.2, 0) is 20.6 Å². The van der Waals surface area contributed by atoms with E-state index in [9.17, 15) is 0 Å². The topological polar surface area (TPSA) is 55.4 Å². The molecule has 0 saturated heterocycles. The van der Waals surface area contributed by atoms with Gasteiger partial charge in [-0.15, -0.1) is 0 Å². The van der Waals surface area contributed by atoms with Gasteiger partial charge in [-0.2, -0.15) is 0 Å². The molecule has 6 nitrogen and oxygen atoms in total. The van der Waals surface area contributed by atoms with Crippen LogP contribution in [0.3, 0.4) is 0 Å². The molecule has 0 N–H and O–H groups in total. The highest BCUT2D eigenvalue weighted by Crippen LogP contribution is 2.37. The lowest BCUT2D eigenvalue weighted by Crippen LogP contribution is -2.08. The van der Waals surface area contributed by atoms with Crippen LogP contribution >= 0.6 is 0 Å². The van der Waals surface area contributed by atoms with Gasteiger partial charge in [0.2, 0.25) is 0 Å². The van der Waals surface area contributed by atoms with Crippen molar-refractivity contribution in [1.82, 2.24) is 0 Å². The summed E-state index contributed by atoms with van der Waals surface area (Å²) in [5.41, 5.74) is 2.15. The van der Waals surface area contributed by atoms with E-state index in [-0.39, 0.29) is 20.4 Å². The zero-order valence-electron chi connectivity index (χ0n) is 14.5. The smallest absolute Gasteiger partial charge is 0.188 e. The minimum Gasteiger partial charge on any atom is -0.467 e. The second-order valence-corrected chi connectivity index (χ2v) is 5.05. The Labute approximate surface area is 137 Å². The molecule has 0 unspecified atom stereocenters. The Hall–Kier alpha value is -1.76. The summed E-state index contributed by atoms with van der Waals surface area (Å²) in [7, 11) is 4.70. The highest BCUT2D eigenvalue weighted by atomic mass is 16.7. The minimum absolute atomic E-state index is 0.110. The summed E-state index contributed by atoms with van der Waals surface area (Å²) in [5.74, 6) is 1.79. The van der Waals surface area contributed by atoms with Crippen LogP contribution in [0.1, 0.15) is 19.4 Å². The maximum absolute atomic E-state index is 5.69. The Bertz CT molecular complexity index is 494. The summed E-state index contributed by atoms with van der Waals surface area (Å²) in [6.07, 6.45) is 2.80. The summed E-state index contributed by atoms with van der Waals surface area (Å²) >= 11 is 0. The van der Waals surface area contributed by atoms with Crippen molar-refractivity contribution in [3.05, 3.63) is 29.3 Å². The molecule has 0 amide bonds. The van der Waals surface area contributed by atoms with Gasteiger partial charge in [0, 0.05) is 33.0 Å². The molecule has 130 valence electrons. The van der Waals surface area contributed by atoms with E-state index in [4.69, 9.17) is 28.4 Å². The monoisotopic (exact) mass is 326 g/mol. The fourth-order valence-electron chi connectivity index (χ4n) is 1.82. The van der Waals surface area contributed by atoms with E-state index in [0.29, 0.717) is 23.7 Å². The fourth-order valence-corrected chi connectivity index (χ4v) is 1.82. The zero-order chi connectivity index (χ0) is 17.1. The summed E-state index contributed by atoms with van der Waals surface area (Å²) < 4.78 is 31.8. The van der Waals surface area contributed by atoms with Gasteiger partial charge < -0.3 is 28.4 Å². The standard InChI is InChI=1S/C17H26O6/c1-13(2)6-7-14-8-15(21-10-18-3)9-16(22-11-19-4)17(14)23-12-20-5/h6,8-9H,7,10-12H2,1-5H3. The summed E-state index contributed by atoms with van der Waals surface area (Å²) in [5, 5.41) is 0. The van der Waals surface area contributed by atoms with E-state index in [1.165, 1.54) is 5.57 Å². The maximum Gasteiger partial charge on any atom is 0.188 e. The third-order valence-electron chi connectivity index (χ3n) is 2.83. The third-order valence-corrected chi connectivity index (χ3v) is 2.83. The lowest BCUT2D eigenvalue weighted by Gasteiger charge is -2.17. The van der Waals surface area contributed by atoms with Gasteiger partial charge in [-0.3, -0.25) is 0 Å². The minimum atomic E-state index is 0.110. The second-order valence-electron chi connectivity index (χ2n) is 5.05. The number of hydrogen-bond donors (Lipinski definition) is 0. The molecule has 0 fully saturated rings. The Balaban J connectivity index is 3.17. The van der Waals surface area contributed by atoms with E-state index in [1.54, 1.807) is 27.4 Å². The Kier molecular flexibility index (Phi) is 9.12.